The van der Waals surface area contributed by atoms with E-state index in [4.69, 9.17) is 20.7 Å². The maximum Gasteiger partial charge on any atom is 0.227 e. The molecule has 1 saturated heterocycles. The lowest BCUT2D eigenvalue weighted by Crippen LogP contribution is -2.38. The Labute approximate surface area is 204 Å². The van der Waals surface area contributed by atoms with E-state index in [1.54, 1.807) is 0 Å². The van der Waals surface area contributed by atoms with E-state index in [-0.39, 0.29) is 0 Å². The van der Waals surface area contributed by atoms with E-state index in [2.05, 4.69) is 32.6 Å². The Balaban J connectivity index is 0.000000868. The standard InChI is InChI=1S/C23H38N8.C2H7N/c1-2-16-11-13-30(14-12-16)29-21-20-22(31(15-25-20)19-5-3-4-6-19)28-23(27-21)26-18-9-7-17(24)8-10-18;1-3-2/h15-19H,2-14,24H2,1H3,(H2,26,27,28,29);3H,1-2H3. The summed E-state index contributed by atoms with van der Waals surface area (Å²) in [6.45, 7) is 4.40. The van der Waals surface area contributed by atoms with Gasteiger partial charge in [-0.1, -0.05) is 26.2 Å². The highest BCUT2D eigenvalue weighted by atomic mass is 15.5. The maximum absolute atomic E-state index is 6.10. The van der Waals surface area contributed by atoms with E-state index in [9.17, 15) is 0 Å². The van der Waals surface area contributed by atoms with E-state index < -0.39 is 0 Å². The summed E-state index contributed by atoms with van der Waals surface area (Å²) in [5.74, 6) is 2.41. The van der Waals surface area contributed by atoms with Gasteiger partial charge in [0.1, 0.15) is 0 Å². The van der Waals surface area contributed by atoms with Crippen LogP contribution in [0.4, 0.5) is 11.8 Å². The molecule has 0 spiro atoms. The van der Waals surface area contributed by atoms with Crippen molar-refractivity contribution in [1.82, 2.24) is 29.8 Å². The van der Waals surface area contributed by atoms with Crippen LogP contribution < -0.4 is 21.8 Å². The topological polar surface area (TPSA) is 109 Å². The van der Waals surface area contributed by atoms with Crippen molar-refractivity contribution in [2.45, 2.75) is 95.7 Å². The molecule has 1 aliphatic heterocycles. The van der Waals surface area contributed by atoms with Crippen LogP contribution in [0.5, 0.6) is 0 Å². The zero-order valence-corrected chi connectivity index (χ0v) is 21.4. The Morgan fingerprint density at radius 2 is 1.65 bits per heavy atom. The van der Waals surface area contributed by atoms with Gasteiger partial charge in [-0.2, -0.15) is 9.97 Å². The molecule has 0 atom stereocenters. The zero-order chi connectivity index (χ0) is 23.9. The molecule has 9 nitrogen and oxygen atoms in total. The van der Waals surface area contributed by atoms with Crippen LogP contribution in [0, 0.1) is 5.92 Å². The summed E-state index contributed by atoms with van der Waals surface area (Å²) in [5.41, 5.74) is 11.6. The minimum absolute atomic E-state index is 0.341. The molecule has 0 unspecified atom stereocenters. The third kappa shape index (κ3) is 6.17. The van der Waals surface area contributed by atoms with Crippen LogP contribution in [-0.4, -0.2) is 63.8 Å². The summed E-state index contributed by atoms with van der Waals surface area (Å²) in [4.78, 5) is 14.6. The average molecular weight is 472 g/mol. The van der Waals surface area contributed by atoms with Gasteiger partial charge in [-0.25, -0.2) is 9.99 Å². The zero-order valence-electron chi connectivity index (χ0n) is 21.4. The number of hydrogen-bond donors (Lipinski definition) is 4. The fourth-order valence-corrected chi connectivity index (χ4v) is 5.56. The van der Waals surface area contributed by atoms with E-state index in [1.807, 2.05) is 20.4 Å². The van der Waals surface area contributed by atoms with Crippen LogP contribution in [0.1, 0.15) is 83.6 Å². The number of anilines is 2. The van der Waals surface area contributed by atoms with Gasteiger partial charge in [0.25, 0.3) is 0 Å². The molecule has 0 bridgehead atoms. The second-order valence-corrected chi connectivity index (χ2v) is 10.4. The van der Waals surface area contributed by atoms with E-state index in [1.165, 1.54) is 44.9 Å². The van der Waals surface area contributed by atoms with Crippen LogP contribution in [0.3, 0.4) is 0 Å². The van der Waals surface area contributed by atoms with Gasteiger partial charge in [-0.15, -0.1) is 0 Å². The number of imidazole rings is 1. The molecule has 3 fully saturated rings. The molecular weight excluding hydrogens is 426 g/mol. The molecule has 34 heavy (non-hydrogen) atoms. The van der Waals surface area contributed by atoms with Crippen LogP contribution in [0.2, 0.25) is 0 Å². The number of hydrogen-bond acceptors (Lipinski definition) is 8. The smallest absolute Gasteiger partial charge is 0.227 e. The Morgan fingerprint density at radius 3 is 2.29 bits per heavy atom. The van der Waals surface area contributed by atoms with Gasteiger partial charge in [0.05, 0.1) is 6.33 Å². The third-order valence-corrected chi connectivity index (χ3v) is 7.70. The van der Waals surface area contributed by atoms with Gasteiger partial charge in [-0.3, -0.25) is 0 Å². The lowest BCUT2D eigenvalue weighted by atomic mass is 9.92. The Kier molecular flexibility index (Phi) is 8.97. The molecule has 3 aliphatic rings. The first-order chi connectivity index (χ1) is 16.6. The average Bonchev–Trinajstić information content (AvgIpc) is 3.52. The van der Waals surface area contributed by atoms with Gasteiger partial charge in [0.2, 0.25) is 5.95 Å². The number of nitrogens with two attached hydrogens (primary N) is 1. The molecule has 3 heterocycles. The first-order valence-electron chi connectivity index (χ1n) is 13.5. The predicted molar refractivity (Wildman–Crippen MR) is 140 cm³/mol. The van der Waals surface area contributed by atoms with Crippen LogP contribution in [-0.2, 0) is 0 Å². The number of hydrazine groups is 1. The van der Waals surface area contributed by atoms with Crippen LogP contribution >= 0.6 is 0 Å². The minimum Gasteiger partial charge on any atom is -0.351 e. The van der Waals surface area contributed by atoms with E-state index in [0.29, 0.717) is 18.1 Å². The van der Waals surface area contributed by atoms with Gasteiger partial charge >= 0.3 is 0 Å². The highest BCUT2D eigenvalue weighted by molar-refractivity contribution is 5.84. The van der Waals surface area contributed by atoms with Crippen molar-refractivity contribution >= 4 is 22.9 Å². The van der Waals surface area contributed by atoms with Gasteiger partial charge in [-0.05, 0) is 71.4 Å². The first-order valence-corrected chi connectivity index (χ1v) is 13.5. The molecule has 0 radical (unpaired) electrons. The number of rotatable bonds is 6. The number of piperidine rings is 1. The fraction of sp³-hybridized carbons (Fsp3) is 0.800. The Morgan fingerprint density at radius 1 is 0.971 bits per heavy atom. The third-order valence-electron chi connectivity index (χ3n) is 7.70. The second-order valence-electron chi connectivity index (χ2n) is 10.4. The Hall–Kier alpha value is -1.97. The van der Waals surface area contributed by atoms with Crippen molar-refractivity contribution in [2.24, 2.45) is 11.7 Å². The van der Waals surface area contributed by atoms with E-state index >= 15 is 0 Å². The number of fused-ring (bicyclic) bond motifs is 1. The van der Waals surface area contributed by atoms with Crippen LogP contribution in [0.25, 0.3) is 11.2 Å². The largest absolute Gasteiger partial charge is 0.351 e. The molecule has 190 valence electrons. The molecule has 0 amide bonds. The van der Waals surface area contributed by atoms with Crippen molar-refractivity contribution in [1.29, 1.82) is 0 Å². The van der Waals surface area contributed by atoms with Crippen molar-refractivity contribution < 1.29 is 0 Å². The highest BCUT2D eigenvalue weighted by Gasteiger charge is 2.25. The summed E-state index contributed by atoms with van der Waals surface area (Å²) in [6.07, 6.45) is 15.0. The second kappa shape index (κ2) is 12.1. The molecule has 5 N–H and O–H groups in total. The number of nitrogens with zero attached hydrogens (tertiary/aromatic N) is 5. The Bertz CT molecular complexity index is 876. The quantitative estimate of drug-likeness (QED) is 0.502. The van der Waals surface area contributed by atoms with Gasteiger partial charge in [0.15, 0.2) is 17.0 Å². The van der Waals surface area contributed by atoms with Crippen molar-refractivity contribution in [3.8, 4) is 0 Å². The molecule has 0 aromatic carbocycles. The molecule has 2 aliphatic carbocycles. The highest BCUT2D eigenvalue weighted by Crippen LogP contribution is 2.33. The minimum atomic E-state index is 0.341. The molecule has 2 aromatic heterocycles. The molecular formula is C25H45N9. The fourth-order valence-electron chi connectivity index (χ4n) is 5.56. The van der Waals surface area contributed by atoms with Gasteiger partial charge < -0.3 is 26.4 Å². The summed E-state index contributed by atoms with van der Waals surface area (Å²) in [7, 11) is 3.75. The number of aromatic nitrogens is 4. The van der Waals surface area contributed by atoms with Crippen molar-refractivity contribution in [2.75, 3.05) is 37.9 Å². The lowest BCUT2D eigenvalue weighted by molar-refractivity contribution is 0.213. The summed E-state index contributed by atoms with van der Waals surface area (Å²) >= 11 is 0. The van der Waals surface area contributed by atoms with Gasteiger partial charge in [0, 0.05) is 31.2 Å². The normalized spacial score (nSPS) is 24.7. The number of nitrogens with one attached hydrogen (secondary N) is 3. The van der Waals surface area contributed by atoms with Crippen molar-refractivity contribution in [3.05, 3.63) is 6.33 Å². The molecule has 2 aromatic rings. The summed E-state index contributed by atoms with van der Waals surface area (Å²) < 4.78 is 2.29. The molecule has 2 saturated carbocycles. The predicted octanol–water partition coefficient (Wildman–Crippen LogP) is 3.91. The molecule has 5 rings (SSSR count). The molecule has 9 heteroatoms. The van der Waals surface area contributed by atoms with E-state index in [0.717, 1.165) is 67.6 Å². The maximum atomic E-state index is 6.10. The monoisotopic (exact) mass is 471 g/mol. The SMILES string of the molecule is CCC1CCN(Nc2nc(NC3CCC(N)CC3)nc3c2ncn3C2CCCC2)CC1.CNC. The lowest BCUT2D eigenvalue weighted by Gasteiger charge is -2.32. The first kappa shape index (κ1) is 25.1. The summed E-state index contributed by atoms with van der Waals surface area (Å²) in [5, 5.41) is 8.68. The summed E-state index contributed by atoms with van der Waals surface area (Å²) in [6, 6.07) is 1.25. The van der Waals surface area contributed by atoms with Crippen molar-refractivity contribution in [3.63, 3.8) is 0 Å². The van der Waals surface area contributed by atoms with Crippen LogP contribution in [0.15, 0.2) is 6.33 Å².